The van der Waals surface area contributed by atoms with Crippen molar-refractivity contribution in [2.24, 2.45) is 11.5 Å². The summed E-state index contributed by atoms with van der Waals surface area (Å²) < 4.78 is 11.3. The molecule has 0 saturated carbocycles. The molecular weight excluding hydrogens is 548 g/mol. The summed E-state index contributed by atoms with van der Waals surface area (Å²) in [6, 6.07) is 0.0362. The molecule has 43 heavy (non-hydrogen) atoms. The molecule has 0 bridgehead atoms. The van der Waals surface area contributed by atoms with Crippen LogP contribution >= 0.6 is 0 Å². The van der Waals surface area contributed by atoms with Gasteiger partial charge in [-0.2, -0.15) is 0 Å². The minimum atomic E-state index is -1.45. The number of carbonyl (C=O) groups is 1. The lowest BCUT2D eigenvalue weighted by atomic mass is 9.98. The second kappa shape index (κ2) is 25.5. The molecule has 9 nitrogen and oxygen atoms in total. The zero-order valence-corrected chi connectivity index (χ0v) is 27.6. The first kappa shape index (κ1) is 40.4. The van der Waals surface area contributed by atoms with Gasteiger partial charge in [0.15, 0.2) is 6.29 Å². The van der Waals surface area contributed by atoms with Gasteiger partial charge < -0.3 is 41.4 Å². The number of carbonyl (C=O) groups excluding carboxylic acids is 1. The Bertz CT molecular complexity index is 665. The molecule has 1 heterocycles. The van der Waals surface area contributed by atoms with E-state index in [1.54, 1.807) is 0 Å². The maximum atomic E-state index is 12.1. The molecule has 0 unspecified atom stereocenters. The summed E-state index contributed by atoms with van der Waals surface area (Å²) in [5.41, 5.74) is 11.9. The Morgan fingerprint density at radius 3 is 1.49 bits per heavy atom. The monoisotopic (exact) mass is 617 g/mol. The first-order valence-corrected chi connectivity index (χ1v) is 17.7. The summed E-state index contributed by atoms with van der Waals surface area (Å²) in [6.45, 7) is 3.43. The van der Waals surface area contributed by atoms with Crippen LogP contribution in [0.5, 0.6) is 0 Å². The van der Waals surface area contributed by atoms with E-state index in [0.29, 0.717) is 18.2 Å². The second-order valence-corrected chi connectivity index (χ2v) is 13.2. The Labute approximate surface area is 262 Å². The van der Waals surface area contributed by atoms with E-state index in [9.17, 15) is 25.2 Å². The van der Waals surface area contributed by atoms with Crippen LogP contribution in [0.15, 0.2) is 0 Å². The van der Waals surface area contributed by atoms with Crippen molar-refractivity contribution in [3.8, 4) is 0 Å². The quantitative estimate of drug-likeness (QED) is 0.0661. The van der Waals surface area contributed by atoms with Gasteiger partial charge in [-0.05, 0) is 39.5 Å². The minimum absolute atomic E-state index is 0.283. The molecule has 1 fully saturated rings. The van der Waals surface area contributed by atoms with Crippen molar-refractivity contribution >= 4 is 5.78 Å². The van der Waals surface area contributed by atoms with Gasteiger partial charge in [0.1, 0.15) is 30.2 Å². The number of aliphatic hydroxyl groups excluding tert-OH is 4. The van der Waals surface area contributed by atoms with Crippen LogP contribution in [0.25, 0.3) is 0 Å². The molecule has 9 heteroatoms. The third-order valence-corrected chi connectivity index (χ3v) is 8.80. The zero-order valence-electron chi connectivity index (χ0n) is 27.6. The fraction of sp³-hybridized carbons (Fsp3) is 0.971. The maximum absolute atomic E-state index is 12.1. The molecule has 1 aliphatic rings. The van der Waals surface area contributed by atoms with Gasteiger partial charge in [0, 0.05) is 24.9 Å². The second-order valence-electron chi connectivity index (χ2n) is 13.2. The van der Waals surface area contributed by atoms with Crippen molar-refractivity contribution in [2.45, 2.75) is 204 Å². The van der Waals surface area contributed by atoms with Gasteiger partial charge >= 0.3 is 0 Å². The van der Waals surface area contributed by atoms with Crippen molar-refractivity contribution in [2.75, 3.05) is 6.61 Å². The predicted molar refractivity (Wildman–Crippen MR) is 173 cm³/mol. The van der Waals surface area contributed by atoms with E-state index in [0.717, 1.165) is 51.4 Å². The molecule has 1 rings (SSSR count). The van der Waals surface area contributed by atoms with Crippen LogP contribution in [0.3, 0.4) is 0 Å². The van der Waals surface area contributed by atoms with E-state index < -0.39 is 37.3 Å². The highest BCUT2D eigenvalue weighted by Crippen LogP contribution is 2.25. The molecule has 0 radical (unpaired) electrons. The van der Waals surface area contributed by atoms with Gasteiger partial charge in [-0.3, -0.25) is 4.79 Å². The number of nitrogens with two attached hydrogens (primary N) is 2. The lowest BCUT2D eigenvalue weighted by molar-refractivity contribution is -0.312. The van der Waals surface area contributed by atoms with Crippen LogP contribution in [0, 0.1) is 0 Å². The summed E-state index contributed by atoms with van der Waals surface area (Å²) in [6.07, 6.45) is 18.1. The van der Waals surface area contributed by atoms with Crippen molar-refractivity contribution in [1.82, 2.24) is 0 Å². The molecule has 0 aromatic rings. The third-order valence-electron chi connectivity index (χ3n) is 8.80. The minimum Gasteiger partial charge on any atom is -0.394 e. The largest absolute Gasteiger partial charge is 0.394 e. The molecule has 1 saturated heterocycles. The molecule has 0 aromatic heterocycles. The lowest BCUT2D eigenvalue weighted by Gasteiger charge is -2.41. The standard InChI is InChI=1S/C34H68N2O7/c1-26(35)21-17-13-11-12-15-19-23-28(38)22-18-14-9-7-5-3-4-6-8-10-16-20-24-29(27(2)36)42-34-33(41)32(40)31(39)30(25-37)43-34/h26-27,29-34,37,39-41H,3-25,35-36H2,1-2H3/t26-,27-,29-,30-,31+,32+,33-,34+/m0/s1. The SMILES string of the molecule is C[C@H](N)CCCCCCCCC(=O)CCCCCCCCCCCCCC[C@H](O[C@@H]1O[C@@H](CO)[C@@H](O)[C@@H](O)[C@@H]1O)[C@H](C)N. The van der Waals surface area contributed by atoms with Gasteiger partial charge in [0.05, 0.1) is 12.7 Å². The molecule has 0 aromatic carbocycles. The Kier molecular flexibility index (Phi) is 24.0. The third kappa shape index (κ3) is 19.5. The normalized spacial score (nSPS) is 24.6. The van der Waals surface area contributed by atoms with Crippen LogP contribution < -0.4 is 11.5 Å². The number of unbranched alkanes of at least 4 members (excludes halogenated alkanes) is 16. The van der Waals surface area contributed by atoms with Gasteiger partial charge in [0.25, 0.3) is 0 Å². The topological polar surface area (TPSA) is 168 Å². The molecule has 0 spiro atoms. The summed E-state index contributed by atoms with van der Waals surface area (Å²) >= 11 is 0. The van der Waals surface area contributed by atoms with Crippen LogP contribution in [-0.4, -0.2) is 81.7 Å². The van der Waals surface area contributed by atoms with Gasteiger partial charge in [0.2, 0.25) is 0 Å². The molecule has 0 aliphatic carbocycles. The summed E-state index contributed by atoms with van der Waals surface area (Å²) in [5.74, 6) is 0.450. The van der Waals surface area contributed by atoms with E-state index in [1.165, 1.54) is 83.5 Å². The van der Waals surface area contributed by atoms with Crippen molar-refractivity contribution in [3.63, 3.8) is 0 Å². The van der Waals surface area contributed by atoms with E-state index in [2.05, 4.69) is 6.92 Å². The average Bonchev–Trinajstić information content (AvgIpc) is 2.97. The number of Topliss-reactive ketones (excluding diaryl/α,β-unsaturated/α-hetero) is 1. The molecule has 0 amide bonds. The number of hydrogen-bond acceptors (Lipinski definition) is 9. The Morgan fingerprint density at radius 2 is 1.07 bits per heavy atom. The Morgan fingerprint density at radius 1 is 0.651 bits per heavy atom. The fourth-order valence-electron chi connectivity index (χ4n) is 5.86. The lowest BCUT2D eigenvalue weighted by Crippen LogP contribution is -2.60. The first-order valence-electron chi connectivity index (χ1n) is 17.7. The zero-order chi connectivity index (χ0) is 31.9. The number of rotatable bonds is 28. The average molecular weight is 617 g/mol. The van der Waals surface area contributed by atoms with Gasteiger partial charge in [-0.1, -0.05) is 103 Å². The number of hydrogen-bond donors (Lipinski definition) is 6. The number of ketones is 1. The van der Waals surface area contributed by atoms with Crippen molar-refractivity contribution < 1.29 is 34.7 Å². The van der Waals surface area contributed by atoms with Crippen LogP contribution in [0.1, 0.15) is 155 Å². The van der Waals surface area contributed by atoms with E-state index >= 15 is 0 Å². The Hall–Kier alpha value is -0.650. The smallest absolute Gasteiger partial charge is 0.187 e. The van der Waals surface area contributed by atoms with Gasteiger partial charge in [-0.15, -0.1) is 0 Å². The van der Waals surface area contributed by atoms with E-state index in [4.69, 9.17) is 20.9 Å². The highest BCUT2D eigenvalue weighted by molar-refractivity contribution is 5.78. The highest BCUT2D eigenvalue weighted by atomic mass is 16.7. The maximum Gasteiger partial charge on any atom is 0.187 e. The van der Waals surface area contributed by atoms with Crippen LogP contribution in [0.2, 0.25) is 0 Å². The number of aliphatic hydroxyl groups is 4. The molecular formula is C34H68N2O7. The summed E-state index contributed by atoms with van der Waals surface area (Å²) in [7, 11) is 0. The predicted octanol–water partition coefficient (Wildman–Crippen LogP) is 5.02. The summed E-state index contributed by atoms with van der Waals surface area (Å²) in [5, 5.41) is 39.5. The van der Waals surface area contributed by atoms with Crippen molar-refractivity contribution in [3.05, 3.63) is 0 Å². The van der Waals surface area contributed by atoms with E-state index in [1.807, 2.05) is 6.92 Å². The van der Waals surface area contributed by atoms with Gasteiger partial charge in [-0.25, -0.2) is 0 Å². The molecule has 1 aliphatic heterocycles. The highest BCUT2D eigenvalue weighted by Gasteiger charge is 2.45. The molecule has 8 N–H and O–H groups in total. The van der Waals surface area contributed by atoms with E-state index in [-0.39, 0.29) is 12.1 Å². The molecule has 8 atom stereocenters. The first-order chi connectivity index (χ1) is 20.7. The summed E-state index contributed by atoms with van der Waals surface area (Å²) in [4.78, 5) is 12.1. The number of ether oxygens (including phenoxy) is 2. The fourth-order valence-corrected chi connectivity index (χ4v) is 5.86. The van der Waals surface area contributed by atoms with Crippen LogP contribution in [0.4, 0.5) is 0 Å². The van der Waals surface area contributed by atoms with Crippen molar-refractivity contribution in [1.29, 1.82) is 0 Å². The molecule has 256 valence electrons. The Balaban J connectivity index is 1.93. The van der Waals surface area contributed by atoms with Crippen LogP contribution in [-0.2, 0) is 14.3 Å².